The monoisotopic (exact) mass is 411 g/mol. The first kappa shape index (κ1) is 19.9. The summed E-state index contributed by atoms with van der Waals surface area (Å²) >= 11 is 6.48. The van der Waals surface area contributed by atoms with Gasteiger partial charge in [-0.25, -0.2) is 0 Å². The highest BCUT2D eigenvalue weighted by atomic mass is 35.5. The van der Waals surface area contributed by atoms with Crippen LogP contribution in [0.1, 0.15) is 0 Å². The van der Waals surface area contributed by atoms with Gasteiger partial charge in [0.05, 0.1) is 12.2 Å². The van der Waals surface area contributed by atoms with E-state index in [1.165, 1.54) is 0 Å². The van der Waals surface area contributed by atoms with E-state index in [9.17, 15) is 13.6 Å². The number of hydrogen-bond acceptors (Lipinski definition) is 4. The minimum absolute atomic E-state index is 0.200. The number of amides is 1. The number of piperazine rings is 1. The third-order valence-corrected chi connectivity index (χ3v) is 5.31. The number of alkyl halides is 2. The Bertz CT molecular complexity index is 785. The van der Waals surface area contributed by atoms with Crippen molar-refractivity contribution < 1.29 is 13.6 Å². The van der Waals surface area contributed by atoms with Crippen molar-refractivity contribution >= 4 is 40.6 Å². The molecule has 0 spiro atoms. The number of carbonyl (C=O) groups is 1. The van der Waals surface area contributed by atoms with Crippen LogP contribution in [0.15, 0.2) is 53.4 Å². The maximum atomic E-state index is 12.6. The van der Waals surface area contributed by atoms with Crippen LogP contribution in [0.3, 0.4) is 0 Å². The summed E-state index contributed by atoms with van der Waals surface area (Å²) in [6.07, 6.45) is 0. The lowest BCUT2D eigenvalue weighted by Crippen LogP contribution is -2.48. The molecule has 0 atom stereocenters. The number of halogens is 3. The molecule has 1 fully saturated rings. The van der Waals surface area contributed by atoms with Crippen molar-refractivity contribution in [3.63, 3.8) is 0 Å². The summed E-state index contributed by atoms with van der Waals surface area (Å²) in [5, 5.41) is 3.45. The van der Waals surface area contributed by atoms with Gasteiger partial charge in [-0.2, -0.15) is 8.78 Å². The molecule has 27 heavy (non-hydrogen) atoms. The summed E-state index contributed by atoms with van der Waals surface area (Å²) in [5.41, 5.74) is 1.50. The Hall–Kier alpha value is -1.83. The van der Waals surface area contributed by atoms with E-state index in [1.807, 2.05) is 24.3 Å². The van der Waals surface area contributed by atoms with Crippen LogP contribution >= 0.6 is 23.4 Å². The zero-order valence-electron chi connectivity index (χ0n) is 14.6. The van der Waals surface area contributed by atoms with E-state index in [1.54, 1.807) is 24.3 Å². The summed E-state index contributed by atoms with van der Waals surface area (Å²) < 4.78 is 25.3. The standard InChI is InChI=1S/C19H20ClF2N3OS/c20-14-4-3-5-15(12-14)25-10-8-24(9-11-25)13-18(26)23-16-6-1-2-7-17(16)27-19(21)22/h1-7,12,19H,8-11,13H2,(H,23,26). The third kappa shape index (κ3) is 5.82. The Morgan fingerprint density at radius 3 is 2.56 bits per heavy atom. The molecule has 1 aliphatic heterocycles. The molecule has 0 saturated carbocycles. The molecule has 1 heterocycles. The van der Waals surface area contributed by atoms with E-state index in [4.69, 9.17) is 11.6 Å². The summed E-state index contributed by atoms with van der Waals surface area (Å²) in [7, 11) is 0. The highest BCUT2D eigenvalue weighted by molar-refractivity contribution is 7.99. The van der Waals surface area contributed by atoms with E-state index in [0.29, 0.717) is 27.4 Å². The van der Waals surface area contributed by atoms with Crippen LogP contribution in [0.4, 0.5) is 20.2 Å². The average molecular weight is 412 g/mol. The first-order chi connectivity index (χ1) is 13.0. The summed E-state index contributed by atoms with van der Waals surface area (Å²) in [5.74, 6) is -2.73. The van der Waals surface area contributed by atoms with E-state index >= 15 is 0 Å². The minimum atomic E-state index is -2.53. The Morgan fingerprint density at radius 1 is 1.11 bits per heavy atom. The highest BCUT2D eigenvalue weighted by Crippen LogP contribution is 2.31. The lowest BCUT2D eigenvalue weighted by atomic mass is 10.2. The topological polar surface area (TPSA) is 35.6 Å². The van der Waals surface area contributed by atoms with Crippen LogP contribution in [0.25, 0.3) is 0 Å². The van der Waals surface area contributed by atoms with Gasteiger partial charge in [-0.05, 0) is 30.3 Å². The van der Waals surface area contributed by atoms with Crippen LogP contribution in [0, 0.1) is 0 Å². The molecule has 0 bridgehead atoms. The van der Waals surface area contributed by atoms with Gasteiger partial charge < -0.3 is 10.2 Å². The lowest BCUT2D eigenvalue weighted by molar-refractivity contribution is -0.117. The summed E-state index contributed by atoms with van der Waals surface area (Å²) in [6, 6.07) is 14.3. The third-order valence-electron chi connectivity index (χ3n) is 4.29. The first-order valence-corrected chi connectivity index (χ1v) is 9.83. The molecular weight excluding hydrogens is 392 g/mol. The smallest absolute Gasteiger partial charge is 0.288 e. The average Bonchev–Trinajstić information content (AvgIpc) is 2.63. The molecule has 1 N–H and O–H groups in total. The maximum Gasteiger partial charge on any atom is 0.288 e. The molecule has 8 heteroatoms. The molecule has 0 aromatic heterocycles. The van der Waals surface area contributed by atoms with Crippen molar-refractivity contribution in [2.24, 2.45) is 0 Å². The molecule has 0 unspecified atom stereocenters. The first-order valence-electron chi connectivity index (χ1n) is 8.58. The summed E-state index contributed by atoms with van der Waals surface area (Å²) in [6.45, 7) is 3.31. The minimum Gasteiger partial charge on any atom is -0.369 e. The zero-order chi connectivity index (χ0) is 19.2. The predicted octanol–water partition coefficient (Wildman–Crippen LogP) is 4.42. The van der Waals surface area contributed by atoms with Gasteiger partial charge in [0.1, 0.15) is 0 Å². The van der Waals surface area contributed by atoms with Crippen molar-refractivity contribution in [1.29, 1.82) is 0 Å². The van der Waals surface area contributed by atoms with Crippen LogP contribution in [-0.2, 0) is 4.79 Å². The van der Waals surface area contributed by atoms with Crippen molar-refractivity contribution in [1.82, 2.24) is 4.90 Å². The molecule has 4 nitrogen and oxygen atoms in total. The van der Waals surface area contributed by atoms with Crippen LogP contribution in [0.2, 0.25) is 5.02 Å². The fraction of sp³-hybridized carbons (Fsp3) is 0.316. The molecule has 1 amide bonds. The number of hydrogen-bond donors (Lipinski definition) is 1. The van der Waals surface area contributed by atoms with Gasteiger partial charge in [0.25, 0.3) is 5.76 Å². The van der Waals surface area contributed by atoms with Crippen molar-refractivity contribution in [3.05, 3.63) is 53.6 Å². The molecule has 144 valence electrons. The number of rotatable bonds is 6. The van der Waals surface area contributed by atoms with Gasteiger partial charge >= 0.3 is 0 Å². The van der Waals surface area contributed by atoms with E-state index in [-0.39, 0.29) is 12.5 Å². The van der Waals surface area contributed by atoms with E-state index in [2.05, 4.69) is 15.1 Å². The largest absolute Gasteiger partial charge is 0.369 e. The number of para-hydroxylation sites is 1. The number of anilines is 2. The second-order valence-electron chi connectivity index (χ2n) is 6.17. The van der Waals surface area contributed by atoms with E-state index < -0.39 is 5.76 Å². The van der Waals surface area contributed by atoms with E-state index in [0.717, 1.165) is 31.9 Å². The highest BCUT2D eigenvalue weighted by Gasteiger charge is 2.20. The molecular formula is C19H20ClF2N3OS. The summed E-state index contributed by atoms with van der Waals surface area (Å²) in [4.78, 5) is 17.0. The second-order valence-corrected chi connectivity index (χ2v) is 7.63. The van der Waals surface area contributed by atoms with Gasteiger partial charge in [0.15, 0.2) is 0 Å². The van der Waals surface area contributed by atoms with Gasteiger partial charge in [-0.3, -0.25) is 9.69 Å². The van der Waals surface area contributed by atoms with Gasteiger partial charge in [0.2, 0.25) is 5.91 Å². The van der Waals surface area contributed by atoms with Crippen LogP contribution in [-0.4, -0.2) is 49.3 Å². The Labute approximate surface area is 166 Å². The zero-order valence-corrected chi connectivity index (χ0v) is 16.1. The molecule has 2 aromatic carbocycles. The maximum absolute atomic E-state index is 12.6. The predicted molar refractivity (Wildman–Crippen MR) is 107 cm³/mol. The van der Waals surface area contributed by atoms with Crippen molar-refractivity contribution in [3.8, 4) is 0 Å². The van der Waals surface area contributed by atoms with Gasteiger partial charge in [-0.15, -0.1) is 0 Å². The fourth-order valence-electron chi connectivity index (χ4n) is 3.00. The quantitative estimate of drug-likeness (QED) is 0.714. The lowest BCUT2D eigenvalue weighted by Gasteiger charge is -2.35. The normalized spacial score (nSPS) is 15.2. The number of nitrogens with one attached hydrogen (secondary N) is 1. The van der Waals surface area contributed by atoms with Crippen molar-refractivity contribution in [2.75, 3.05) is 42.9 Å². The second kappa shape index (κ2) is 9.39. The van der Waals surface area contributed by atoms with Crippen molar-refractivity contribution in [2.45, 2.75) is 10.7 Å². The van der Waals surface area contributed by atoms with Crippen LogP contribution < -0.4 is 10.2 Å². The molecule has 1 saturated heterocycles. The molecule has 0 aliphatic carbocycles. The molecule has 0 radical (unpaired) electrons. The number of benzene rings is 2. The Balaban J connectivity index is 1.51. The molecule has 3 rings (SSSR count). The molecule has 1 aliphatic rings. The number of carbonyl (C=O) groups excluding carboxylic acids is 1. The Kier molecular flexibility index (Phi) is 6.93. The Morgan fingerprint density at radius 2 is 1.85 bits per heavy atom. The molecule has 2 aromatic rings. The fourth-order valence-corrected chi connectivity index (χ4v) is 3.78. The number of thioether (sulfide) groups is 1. The SMILES string of the molecule is O=C(CN1CCN(c2cccc(Cl)c2)CC1)Nc1ccccc1SC(F)F. The van der Waals surface area contributed by atoms with Crippen LogP contribution in [0.5, 0.6) is 0 Å². The van der Waals surface area contributed by atoms with Gasteiger partial charge in [0, 0.05) is 41.8 Å². The van der Waals surface area contributed by atoms with Gasteiger partial charge in [-0.1, -0.05) is 41.6 Å². The number of nitrogens with zero attached hydrogens (tertiary/aromatic N) is 2.